The summed E-state index contributed by atoms with van der Waals surface area (Å²) in [7, 11) is 0. The SMILES string of the molecule is CC1(O)CC[As](c2ccccc2)(c2ccccc2)C1. The van der Waals surface area contributed by atoms with Crippen molar-refractivity contribution in [1.29, 1.82) is 0 Å². The fraction of sp³-hybridized carbons (Fsp3) is 0.294. The third kappa shape index (κ3) is 2.38. The van der Waals surface area contributed by atoms with Gasteiger partial charge in [-0.15, -0.1) is 0 Å². The van der Waals surface area contributed by atoms with E-state index in [1.165, 1.54) is 13.9 Å². The molecule has 1 saturated heterocycles. The van der Waals surface area contributed by atoms with E-state index >= 15 is 0 Å². The van der Waals surface area contributed by atoms with E-state index in [0.717, 1.165) is 11.6 Å². The van der Waals surface area contributed by atoms with E-state index in [1.807, 2.05) is 6.92 Å². The number of benzene rings is 2. The first-order valence-electron chi connectivity index (χ1n) is 6.83. The molecule has 1 radical (unpaired) electrons. The Hall–Kier alpha value is -1.04. The Balaban J connectivity index is 2.13. The van der Waals surface area contributed by atoms with E-state index in [0.29, 0.717) is 0 Å². The summed E-state index contributed by atoms with van der Waals surface area (Å²) in [6.45, 7) is 2.00. The van der Waals surface area contributed by atoms with Gasteiger partial charge in [-0.05, 0) is 0 Å². The van der Waals surface area contributed by atoms with Crippen LogP contribution in [0, 0.1) is 0 Å². The third-order valence-corrected chi connectivity index (χ3v) is 14.2. The van der Waals surface area contributed by atoms with Crippen LogP contribution in [0.3, 0.4) is 0 Å². The molecule has 0 aromatic heterocycles. The molecule has 3 rings (SSSR count). The molecule has 1 aliphatic heterocycles. The topological polar surface area (TPSA) is 20.2 Å². The zero-order chi connectivity index (χ0) is 13.3. The number of rotatable bonds is 2. The molecule has 19 heavy (non-hydrogen) atoms. The number of aliphatic hydroxyl groups is 1. The molecule has 1 N–H and O–H groups in total. The van der Waals surface area contributed by atoms with Crippen LogP contribution in [0.25, 0.3) is 0 Å². The summed E-state index contributed by atoms with van der Waals surface area (Å²) in [6, 6.07) is 21.8. The molecule has 1 unspecified atom stereocenters. The van der Waals surface area contributed by atoms with E-state index in [4.69, 9.17) is 0 Å². The first-order valence-corrected chi connectivity index (χ1v) is 11.4. The van der Waals surface area contributed by atoms with Crippen molar-refractivity contribution in [1.82, 2.24) is 0 Å². The number of hydrogen-bond donors (Lipinski definition) is 1. The molecule has 1 aliphatic rings. The molecule has 2 heteroatoms. The van der Waals surface area contributed by atoms with Gasteiger partial charge in [0.05, 0.1) is 0 Å². The van der Waals surface area contributed by atoms with E-state index in [-0.39, 0.29) is 0 Å². The van der Waals surface area contributed by atoms with Gasteiger partial charge in [0.25, 0.3) is 0 Å². The van der Waals surface area contributed by atoms with Crippen LogP contribution in [0.1, 0.15) is 13.3 Å². The standard InChI is InChI=1S/C17H20AsO/c1-17(19)12-13-18(14-17,15-8-4-2-5-9-15)16-10-6-3-7-11-16/h2-11,19H,12-14H2,1H3. The van der Waals surface area contributed by atoms with Gasteiger partial charge in [0.15, 0.2) is 0 Å². The van der Waals surface area contributed by atoms with Crippen molar-refractivity contribution in [2.75, 3.05) is 0 Å². The fourth-order valence-corrected chi connectivity index (χ4v) is 13.7. The predicted molar refractivity (Wildman–Crippen MR) is 82.8 cm³/mol. The maximum atomic E-state index is 10.5. The Morgan fingerprint density at radius 1 is 0.895 bits per heavy atom. The zero-order valence-electron chi connectivity index (χ0n) is 11.3. The molecule has 1 fully saturated rings. The summed E-state index contributed by atoms with van der Waals surface area (Å²) in [6.07, 6.45) is 0.934. The Kier molecular flexibility index (Phi) is 3.28. The zero-order valence-corrected chi connectivity index (χ0v) is 13.2. The normalized spacial score (nSPS) is 25.4. The van der Waals surface area contributed by atoms with E-state index in [1.54, 1.807) is 0 Å². The quantitative estimate of drug-likeness (QED) is 0.844. The molecule has 1 nitrogen and oxygen atoms in total. The van der Waals surface area contributed by atoms with Crippen LogP contribution in [0.5, 0.6) is 0 Å². The van der Waals surface area contributed by atoms with Gasteiger partial charge in [-0.2, -0.15) is 0 Å². The summed E-state index contributed by atoms with van der Waals surface area (Å²) in [5, 5.41) is 12.6. The summed E-state index contributed by atoms with van der Waals surface area (Å²) in [4.78, 5) is 0. The molecule has 0 bridgehead atoms. The number of hydrogen-bond acceptors (Lipinski definition) is 1. The van der Waals surface area contributed by atoms with Crippen molar-refractivity contribution in [3.8, 4) is 0 Å². The minimum atomic E-state index is -2.18. The van der Waals surface area contributed by atoms with Gasteiger partial charge in [0.2, 0.25) is 0 Å². The maximum absolute atomic E-state index is 10.5. The molecule has 1 atom stereocenters. The van der Waals surface area contributed by atoms with Crippen molar-refractivity contribution < 1.29 is 5.11 Å². The van der Waals surface area contributed by atoms with E-state index < -0.39 is 19.2 Å². The van der Waals surface area contributed by atoms with Gasteiger partial charge < -0.3 is 0 Å². The van der Waals surface area contributed by atoms with Crippen molar-refractivity contribution in [3.05, 3.63) is 60.7 Å². The summed E-state index contributed by atoms with van der Waals surface area (Å²) < 4.78 is 2.98. The Morgan fingerprint density at radius 2 is 1.37 bits per heavy atom. The summed E-state index contributed by atoms with van der Waals surface area (Å²) in [5.74, 6) is 0. The Labute approximate surface area is 117 Å². The molecule has 0 spiro atoms. The predicted octanol–water partition coefficient (Wildman–Crippen LogP) is 2.40. The first-order chi connectivity index (χ1) is 9.12. The average Bonchev–Trinajstić information content (AvgIpc) is 2.78. The molecular weight excluding hydrogens is 295 g/mol. The van der Waals surface area contributed by atoms with Gasteiger partial charge in [-0.3, -0.25) is 0 Å². The first kappa shape index (κ1) is 13.0. The molecular formula is C17H20AsO. The van der Waals surface area contributed by atoms with Crippen molar-refractivity contribution in [2.45, 2.75) is 29.4 Å². The van der Waals surface area contributed by atoms with Crippen LogP contribution in [-0.4, -0.2) is 24.3 Å². The Bertz CT molecular complexity index is 508. The van der Waals surface area contributed by atoms with Crippen molar-refractivity contribution >= 4 is 22.3 Å². The Morgan fingerprint density at radius 3 is 1.74 bits per heavy atom. The van der Waals surface area contributed by atoms with E-state index in [2.05, 4.69) is 60.7 Å². The molecule has 0 saturated carbocycles. The fourth-order valence-electron chi connectivity index (χ4n) is 3.19. The molecule has 99 valence electrons. The second-order valence-electron chi connectivity index (χ2n) is 5.77. The summed E-state index contributed by atoms with van der Waals surface area (Å²) in [5.41, 5.74) is -0.487. The van der Waals surface area contributed by atoms with Crippen LogP contribution in [-0.2, 0) is 0 Å². The second kappa shape index (κ2) is 4.81. The van der Waals surface area contributed by atoms with E-state index in [9.17, 15) is 5.11 Å². The van der Waals surface area contributed by atoms with Gasteiger partial charge in [0.1, 0.15) is 0 Å². The van der Waals surface area contributed by atoms with Gasteiger partial charge in [-0.25, -0.2) is 0 Å². The average molecular weight is 315 g/mol. The van der Waals surface area contributed by atoms with Crippen LogP contribution < -0.4 is 8.70 Å². The minimum absolute atomic E-state index is 0.487. The van der Waals surface area contributed by atoms with Gasteiger partial charge in [-0.1, -0.05) is 0 Å². The van der Waals surface area contributed by atoms with Gasteiger partial charge >= 0.3 is 117 Å². The molecule has 0 amide bonds. The van der Waals surface area contributed by atoms with Crippen LogP contribution in [0.4, 0.5) is 0 Å². The van der Waals surface area contributed by atoms with Crippen LogP contribution in [0.15, 0.2) is 60.7 Å². The molecule has 0 aliphatic carbocycles. The van der Waals surface area contributed by atoms with Crippen molar-refractivity contribution in [3.63, 3.8) is 0 Å². The van der Waals surface area contributed by atoms with Gasteiger partial charge in [0, 0.05) is 0 Å². The second-order valence-corrected chi connectivity index (χ2v) is 13.6. The summed E-state index contributed by atoms with van der Waals surface area (Å²) >= 11 is -2.18. The molecule has 2 aromatic rings. The van der Waals surface area contributed by atoms with Crippen LogP contribution in [0.2, 0.25) is 10.4 Å². The molecule has 1 heterocycles. The third-order valence-electron chi connectivity index (χ3n) is 4.14. The van der Waals surface area contributed by atoms with Crippen molar-refractivity contribution in [2.24, 2.45) is 0 Å². The monoisotopic (exact) mass is 315 g/mol. The molecule has 2 aromatic carbocycles. The van der Waals surface area contributed by atoms with Crippen LogP contribution >= 0.6 is 0 Å².